The molecule has 1 atom stereocenters. The third-order valence-electron chi connectivity index (χ3n) is 4.54. The van der Waals surface area contributed by atoms with Crippen molar-refractivity contribution in [1.29, 1.82) is 0 Å². The number of nitrogens with one attached hydrogen (secondary N) is 2. The first-order chi connectivity index (χ1) is 13.5. The summed E-state index contributed by atoms with van der Waals surface area (Å²) >= 11 is 0. The lowest BCUT2D eigenvalue weighted by molar-refractivity contribution is 0.0963. The maximum Gasteiger partial charge on any atom is 0.409 e. The van der Waals surface area contributed by atoms with Gasteiger partial charge in [0.25, 0.3) is 0 Å². The average molecular weight is 393 g/mol. The molecule has 0 saturated carbocycles. The van der Waals surface area contributed by atoms with Crippen LogP contribution in [0.1, 0.15) is 26.7 Å². The normalized spacial score (nSPS) is 16.3. The highest BCUT2D eigenvalue weighted by Crippen LogP contribution is 2.18. The number of carbonyl (C=O) groups is 1. The first-order valence-corrected chi connectivity index (χ1v) is 9.75. The van der Waals surface area contributed by atoms with E-state index in [1.165, 1.54) is 0 Å². The minimum absolute atomic E-state index is 0.0300. The first kappa shape index (κ1) is 21.7. The maximum atomic E-state index is 11.8. The molecular formula is C20H32N4O4. The number of benzene rings is 1. The second-order valence-corrected chi connectivity index (χ2v) is 6.66. The molecule has 1 aliphatic heterocycles. The van der Waals surface area contributed by atoms with Crippen LogP contribution in [0, 0.1) is 0 Å². The van der Waals surface area contributed by atoms with Gasteiger partial charge < -0.3 is 29.7 Å². The number of methoxy groups -OCH3 is 1. The van der Waals surface area contributed by atoms with E-state index in [0.29, 0.717) is 26.2 Å². The molecule has 156 valence electrons. The van der Waals surface area contributed by atoms with Crippen LogP contribution in [0.5, 0.6) is 11.5 Å². The lowest BCUT2D eigenvalue weighted by atomic mass is 10.1. The summed E-state index contributed by atoms with van der Waals surface area (Å²) in [7, 11) is 3.39. The average Bonchev–Trinajstić information content (AvgIpc) is 2.72. The predicted octanol–water partition coefficient (Wildman–Crippen LogP) is 2.25. The van der Waals surface area contributed by atoms with Crippen molar-refractivity contribution in [2.75, 3.05) is 40.4 Å². The van der Waals surface area contributed by atoms with Crippen LogP contribution < -0.4 is 20.1 Å². The fraction of sp³-hybridized carbons (Fsp3) is 0.600. The number of amides is 1. The number of nitrogens with zero attached hydrogens (tertiary/aromatic N) is 2. The van der Waals surface area contributed by atoms with Crippen LogP contribution in [0.4, 0.5) is 4.79 Å². The quantitative estimate of drug-likeness (QED) is 0.547. The number of hydrogen-bond acceptors (Lipinski definition) is 5. The van der Waals surface area contributed by atoms with Gasteiger partial charge in [-0.1, -0.05) is 0 Å². The van der Waals surface area contributed by atoms with Gasteiger partial charge in [0.2, 0.25) is 0 Å². The Labute approximate surface area is 167 Å². The van der Waals surface area contributed by atoms with Crippen molar-refractivity contribution in [3.63, 3.8) is 0 Å². The summed E-state index contributed by atoms with van der Waals surface area (Å²) in [6.45, 7) is 6.22. The number of carbonyl (C=O) groups excluding carboxylic acids is 1. The fourth-order valence-corrected chi connectivity index (χ4v) is 2.98. The van der Waals surface area contributed by atoms with Crippen LogP contribution >= 0.6 is 0 Å². The molecule has 1 unspecified atom stereocenters. The van der Waals surface area contributed by atoms with Gasteiger partial charge >= 0.3 is 6.09 Å². The van der Waals surface area contributed by atoms with Gasteiger partial charge in [-0.05, 0) is 51.0 Å². The predicted molar refractivity (Wildman–Crippen MR) is 109 cm³/mol. The highest BCUT2D eigenvalue weighted by atomic mass is 16.6. The van der Waals surface area contributed by atoms with Crippen molar-refractivity contribution in [2.24, 2.45) is 4.99 Å². The summed E-state index contributed by atoms with van der Waals surface area (Å²) in [5, 5.41) is 6.72. The lowest BCUT2D eigenvalue weighted by Gasteiger charge is -2.32. The van der Waals surface area contributed by atoms with Gasteiger partial charge in [-0.15, -0.1) is 0 Å². The molecule has 0 spiro atoms. The molecule has 0 aromatic heterocycles. The summed E-state index contributed by atoms with van der Waals surface area (Å²) in [5.74, 6) is 2.33. The Bertz CT molecular complexity index is 628. The molecular weight excluding hydrogens is 360 g/mol. The van der Waals surface area contributed by atoms with Gasteiger partial charge in [0, 0.05) is 26.2 Å². The molecule has 1 aliphatic rings. The summed E-state index contributed by atoms with van der Waals surface area (Å²) in [4.78, 5) is 17.8. The Morgan fingerprint density at radius 1 is 1.25 bits per heavy atom. The van der Waals surface area contributed by atoms with Crippen molar-refractivity contribution in [3.8, 4) is 11.5 Å². The van der Waals surface area contributed by atoms with E-state index in [2.05, 4.69) is 15.6 Å². The number of rotatable bonds is 7. The van der Waals surface area contributed by atoms with Crippen LogP contribution in [0.3, 0.4) is 0 Å². The standard InChI is InChI=1S/C20H32N4O4/c1-5-27-20(25)24-12-10-16(11-13-24)23-19(21-3)22-14-15(2)28-18-8-6-17(26-4)7-9-18/h6-9,15-16H,5,10-14H2,1-4H3,(H2,21,22,23). The largest absolute Gasteiger partial charge is 0.497 e. The van der Waals surface area contributed by atoms with E-state index in [9.17, 15) is 4.79 Å². The zero-order valence-electron chi connectivity index (χ0n) is 17.2. The van der Waals surface area contributed by atoms with E-state index in [1.54, 1.807) is 19.1 Å². The zero-order valence-corrected chi connectivity index (χ0v) is 17.2. The molecule has 1 aromatic rings. The van der Waals surface area contributed by atoms with Gasteiger partial charge in [0.05, 0.1) is 20.3 Å². The summed E-state index contributed by atoms with van der Waals surface area (Å²) in [6.07, 6.45) is 1.46. The number of aliphatic imine (C=N–C) groups is 1. The van der Waals surface area contributed by atoms with Gasteiger partial charge in [0.15, 0.2) is 5.96 Å². The molecule has 1 amide bonds. The number of hydrogen-bond donors (Lipinski definition) is 2. The molecule has 1 fully saturated rings. The zero-order chi connectivity index (χ0) is 20.4. The molecule has 1 saturated heterocycles. The Kier molecular flexibility index (Phi) is 8.71. The molecule has 2 N–H and O–H groups in total. The Morgan fingerprint density at radius 2 is 1.89 bits per heavy atom. The highest BCUT2D eigenvalue weighted by molar-refractivity contribution is 5.80. The van der Waals surface area contributed by atoms with Crippen LogP contribution in [-0.4, -0.2) is 69.5 Å². The fourth-order valence-electron chi connectivity index (χ4n) is 2.98. The monoisotopic (exact) mass is 392 g/mol. The third kappa shape index (κ3) is 6.83. The number of ether oxygens (including phenoxy) is 3. The van der Waals surface area contributed by atoms with Crippen LogP contribution in [0.25, 0.3) is 0 Å². The molecule has 0 radical (unpaired) electrons. The van der Waals surface area contributed by atoms with Crippen molar-refractivity contribution in [3.05, 3.63) is 24.3 Å². The minimum Gasteiger partial charge on any atom is -0.497 e. The van der Waals surface area contributed by atoms with E-state index >= 15 is 0 Å². The van der Waals surface area contributed by atoms with E-state index < -0.39 is 0 Å². The number of likely N-dealkylation sites (tertiary alicyclic amines) is 1. The van der Waals surface area contributed by atoms with E-state index in [0.717, 1.165) is 30.3 Å². The van der Waals surface area contributed by atoms with E-state index in [1.807, 2.05) is 38.1 Å². The van der Waals surface area contributed by atoms with E-state index in [4.69, 9.17) is 14.2 Å². The molecule has 0 aliphatic carbocycles. The van der Waals surface area contributed by atoms with Crippen molar-refractivity contribution in [2.45, 2.75) is 38.8 Å². The molecule has 1 aromatic carbocycles. The SMILES string of the molecule is CCOC(=O)N1CCC(NC(=NC)NCC(C)Oc2ccc(OC)cc2)CC1. The Hall–Kier alpha value is -2.64. The van der Waals surface area contributed by atoms with Gasteiger partial charge in [-0.3, -0.25) is 4.99 Å². The van der Waals surface area contributed by atoms with Crippen molar-refractivity contribution in [1.82, 2.24) is 15.5 Å². The van der Waals surface area contributed by atoms with E-state index in [-0.39, 0.29) is 18.2 Å². The lowest BCUT2D eigenvalue weighted by Crippen LogP contribution is -2.50. The Balaban J connectivity index is 1.71. The van der Waals surface area contributed by atoms with Crippen LogP contribution in [-0.2, 0) is 4.74 Å². The Morgan fingerprint density at radius 3 is 2.46 bits per heavy atom. The highest BCUT2D eigenvalue weighted by Gasteiger charge is 2.24. The van der Waals surface area contributed by atoms with Crippen molar-refractivity contribution >= 4 is 12.1 Å². The van der Waals surface area contributed by atoms with Gasteiger partial charge in [-0.25, -0.2) is 4.79 Å². The molecule has 0 bridgehead atoms. The smallest absolute Gasteiger partial charge is 0.409 e. The first-order valence-electron chi connectivity index (χ1n) is 9.75. The maximum absolute atomic E-state index is 11.8. The topological polar surface area (TPSA) is 84.4 Å². The second-order valence-electron chi connectivity index (χ2n) is 6.66. The molecule has 8 heteroatoms. The van der Waals surface area contributed by atoms with Gasteiger partial charge in [-0.2, -0.15) is 0 Å². The number of guanidine groups is 1. The summed E-state index contributed by atoms with van der Waals surface area (Å²) in [5.41, 5.74) is 0. The molecule has 28 heavy (non-hydrogen) atoms. The number of piperidine rings is 1. The van der Waals surface area contributed by atoms with Gasteiger partial charge in [0.1, 0.15) is 17.6 Å². The third-order valence-corrected chi connectivity index (χ3v) is 4.54. The molecule has 8 nitrogen and oxygen atoms in total. The minimum atomic E-state index is -0.229. The van der Waals surface area contributed by atoms with Crippen LogP contribution in [0.2, 0.25) is 0 Å². The summed E-state index contributed by atoms with van der Waals surface area (Å²) < 4.78 is 16.1. The molecule has 1 heterocycles. The molecule has 2 rings (SSSR count). The second kappa shape index (κ2) is 11.3. The van der Waals surface area contributed by atoms with Crippen LogP contribution in [0.15, 0.2) is 29.3 Å². The van der Waals surface area contributed by atoms with Crippen molar-refractivity contribution < 1.29 is 19.0 Å². The summed E-state index contributed by atoms with van der Waals surface area (Å²) in [6, 6.07) is 7.80.